The monoisotopic (exact) mass is 162 g/mol. The van der Waals surface area contributed by atoms with Crippen LogP contribution in [0, 0.1) is 0 Å². The Morgan fingerprint density at radius 3 is 2.73 bits per heavy atom. The Hall–Kier alpha value is -0.610. The minimum Gasteiger partial charge on any atom is -0.461 e. The number of esters is 1. The van der Waals surface area contributed by atoms with Crippen molar-refractivity contribution in [1.29, 1.82) is 0 Å². The molecule has 0 bridgehead atoms. The third-order valence-corrected chi connectivity index (χ3v) is 1.17. The maximum atomic E-state index is 10.7. The number of carbonyl (C=O) groups is 1. The lowest BCUT2D eigenvalue weighted by atomic mass is 10.2. The van der Waals surface area contributed by atoms with Crippen LogP contribution in [0.3, 0.4) is 0 Å². The molecule has 1 unspecified atom stereocenters. The summed E-state index contributed by atoms with van der Waals surface area (Å²) in [6, 6.07) is 0. The first-order valence-electron chi connectivity index (χ1n) is 3.68. The summed E-state index contributed by atoms with van der Waals surface area (Å²) >= 11 is 0. The lowest BCUT2D eigenvalue weighted by Gasteiger charge is -2.07. The second kappa shape index (κ2) is 6.12. The van der Waals surface area contributed by atoms with Crippen molar-refractivity contribution in [2.45, 2.75) is 25.9 Å². The molecule has 0 aliphatic rings. The molecule has 0 aliphatic carbocycles. The van der Waals surface area contributed by atoms with Gasteiger partial charge >= 0.3 is 5.97 Å². The average molecular weight is 162 g/mol. The summed E-state index contributed by atoms with van der Waals surface area (Å²) in [7, 11) is 0. The van der Waals surface area contributed by atoms with Gasteiger partial charge in [0.15, 0.2) is 6.10 Å². The van der Waals surface area contributed by atoms with Crippen LogP contribution in [0.5, 0.6) is 0 Å². The molecule has 4 nitrogen and oxygen atoms in total. The molecule has 4 heteroatoms. The molecule has 0 amide bonds. The zero-order valence-corrected chi connectivity index (χ0v) is 6.62. The number of ether oxygens (including phenoxy) is 1. The van der Waals surface area contributed by atoms with Crippen molar-refractivity contribution in [2.75, 3.05) is 13.2 Å². The summed E-state index contributed by atoms with van der Waals surface area (Å²) < 4.78 is 4.47. The van der Waals surface area contributed by atoms with Crippen molar-refractivity contribution in [1.82, 2.24) is 0 Å². The van der Waals surface area contributed by atoms with Crippen LogP contribution in [-0.2, 0) is 9.53 Å². The number of aliphatic hydroxyl groups excluding tert-OH is 2. The Morgan fingerprint density at radius 1 is 1.64 bits per heavy atom. The maximum absolute atomic E-state index is 10.7. The van der Waals surface area contributed by atoms with E-state index in [0.29, 0.717) is 6.42 Å². The van der Waals surface area contributed by atoms with Crippen molar-refractivity contribution in [3.8, 4) is 0 Å². The smallest absolute Gasteiger partial charge is 0.335 e. The van der Waals surface area contributed by atoms with E-state index >= 15 is 0 Å². The number of carbonyl (C=O) groups excluding carboxylic acids is 1. The van der Waals surface area contributed by atoms with Gasteiger partial charge in [0.1, 0.15) is 6.61 Å². The first-order chi connectivity index (χ1) is 5.22. The molecule has 2 N–H and O–H groups in total. The Kier molecular flexibility index (Phi) is 5.78. The van der Waals surface area contributed by atoms with Crippen LogP contribution in [0.15, 0.2) is 0 Å². The van der Waals surface area contributed by atoms with Crippen LogP contribution in [0.4, 0.5) is 0 Å². The summed E-state index contributed by atoms with van der Waals surface area (Å²) in [5.74, 6) is -0.652. The van der Waals surface area contributed by atoms with Gasteiger partial charge in [-0.05, 0) is 6.42 Å². The predicted molar refractivity (Wildman–Crippen MR) is 39.0 cm³/mol. The van der Waals surface area contributed by atoms with E-state index in [1.54, 1.807) is 0 Å². The summed E-state index contributed by atoms with van der Waals surface area (Å²) in [6.45, 7) is 1.62. The second-order valence-corrected chi connectivity index (χ2v) is 2.20. The number of hydrogen-bond donors (Lipinski definition) is 2. The number of rotatable bonds is 5. The Balaban J connectivity index is 3.47. The van der Waals surface area contributed by atoms with Gasteiger partial charge in [0.05, 0.1) is 6.61 Å². The van der Waals surface area contributed by atoms with Crippen LogP contribution in [0.1, 0.15) is 19.8 Å². The van der Waals surface area contributed by atoms with Crippen LogP contribution in [0.2, 0.25) is 0 Å². The third kappa shape index (κ3) is 4.75. The maximum Gasteiger partial charge on any atom is 0.335 e. The topological polar surface area (TPSA) is 66.8 Å². The minimum atomic E-state index is -1.04. The second-order valence-electron chi connectivity index (χ2n) is 2.20. The van der Waals surface area contributed by atoms with E-state index in [4.69, 9.17) is 10.2 Å². The van der Waals surface area contributed by atoms with E-state index in [1.165, 1.54) is 0 Å². The van der Waals surface area contributed by atoms with Gasteiger partial charge in [0.25, 0.3) is 0 Å². The summed E-state index contributed by atoms with van der Waals surface area (Å²) in [4.78, 5) is 10.7. The molecule has 0 aromatic carbocycles. The van der Waals surface area contributed by atoms with Crippen molar-refractivity contribution in [3.63, 3.8) is 0 Å². The Labute approximate surface area is 65.8 Å². The third-order valence-electron chi connectivity index (χ3n) is 1.17. The molecule has 0 aliphatic heterocycles. The lowest BCUT2D eigenvalue weighted by molar-refractivity contribution is -0.154. The fourth-order valence-electron chi connectivity index (χ4n) is 0.634. The molecule has 0 rings (SSSR count). The van der Waals surface area contributed by atoms with Gasteiger partial charge in [-0.15, -0.1) is 0 Å². The van der Waals surface area contributed by atoms with Crippen LogP contribution in [0.25, 0.3) is 0 Å². The first-order valence-corrected chi connectivity index (χ1v) is 3.68. The largest absolute Gasteiger partial charge is 0.461 e. The van der Waals surface area contributed by atoms with Crippen molar-refractivity contribution in [3.05, 3.63) is 0 Å². The molecule has 0 aromatic rings. The number of aliphatic hydroxyl groups is 2. The van der Waals surface area contributed by atoms with Crippen molar-refractivity contribution >= 4 is 5.97 Å². The van der Waals surface area contributed by atoms with Gasteiger partial charge in [0.2, 0.25) is 0 Å². The van der Waals surface area contributed by atoms with Gasteiger partial charge in [-0.1, -0.05) is 13.3 Å². The SMILES string of the molecule is CCCC(O)C(=O)OCCO. The fourth-order valence-corrected chi connectivity index (χ4v) is 0.634. The molecule has 0 radical (unpaired) electrons. The standard InChI is InChI=1S/C7H14O4/c1-2-3-6(9)7(10)11-5-4-8/h6,8-9H,2-5H2,1H3. The fraction of sp³-hybridized carbons (Fsp3) is 0.857. The zero-order valence-electron chi connectivity index (χ0n) is 6.62. The molecular formula is C7H14O4. The molecule has 11 heavy (non-hydrogen) atoms. The Bertz CT molecular complexity index is 113. The zero-order chi connectivity index (χ0) is 8.69. The molecule has 1 atom stereocenters. The summed E-state index contributed by atoms with van der Waals surface area (Å²) in [6.07, 6.45) is 0.103. The Morgan fingerprint density at radius 2 is 2.27 bits per heavy atom. The molecule has 0 heterocycles. The molecule has 0 fully saturated rings. The molecule has 0 saturated heterocycles. The quantitative estimate of drug-likeness (QED) is 0.544. The van der Waals surface area contributed by atoms with Gasteiger partial charge < -0.3 is 14.9 Å². The first kappa shape index (κ1) is 10.4. The van der Waals surface area contributed by atoms with Crippen LogP contribution < -0.4 is 0 Å². The summed E-state index contributed by atoms with van der Waals surface area (Å²) in [5.41, 5.74) is 0. The molecule has 0 spiro atoms. The van der Waals surface area contributed by atoms with Crippen molar-refractivity contribution in [2.24, 2.45) is 0 Å². The summed E-state index contributed by atoms with van der Waals surface area (Å²) in [5, 5.41) is 17.3. The minimum absolute atomic E-state index is 0.0421. The predicted octanol–water partition coefficient (Wildman–Crippen LogP) is -0.317. The van der Waals surface area contributed by atoms with E-state index in [2.05, 4.69) is 4.74 Å². The lowest BCUT2D eigenvalue weighted by Crippen LogP contribution is -2.23. The van der Waals surface area contributed by atoms with E-state index in [9.17, 15) is 4.79 Å². The molecule has 0 aromatic heterocycles. The highest BCUT2D eigenvalue weighted by Crippen LogP contribution is 1.97. The number of hydrogen-bond acceptors (Lipinski definition) is 4. The normalized spacial score (nSPS) is 12.6. The van der Waals surface area contributed by atoms with Crippen LogP contribution in [-0.4, -0.2) is 35.5 Å². The molecule has 66 valence electrons. The van der Waals surface area contributed by atoms with Gasteiger partial charge in [-0.2, -0.15) is 0 Å². The highest BCUT2D eigenvalue weighted by molar-refractivity contribution is 5.74. The average Bonchev–Trinajstić information content (AvgIpc) is 2.00. The van der Waals surface area contributed by atoms with E-state index in [1.807, 2.05) is 6.92 Å². The van der Waals surface area contributed by atoms with E-state index in [-0.39, 0.29) is 13.2 Å². The molecular weight excluding hydrogens is 148 g/mol. The van der Waals surface area contributed by atoms with Crippen molar-refractivity contribution < 1.29 is 19.7 Å². The highest BCUT2D eigenvalue weighted by Gasteiger charge is 2.14. The van der Waals surface area contributed by atoms with Gasteiger partial charge in [-0.25, -0.2) is 4.79 Å². The highest BCUT2D eigenvalue weighted by atomic mass is 16.6. The van der Waals surface area contributed by atoms with E-state index < -0.39 is 12.1 Å². The van der Waals surface area contributed by atoms with E-state index in [0.717, 1.165) is 6.42 Å². The molecule has 0 saturated carbocycles. The van der Waals surface area contributed by atoms with Crippen LogP contribution >= 0.6 is 0 Å². The van der Waals surface area contributed by atoms with Gasteiger partial charge in [-0.3, -0.25) is 0 Å². The van der Waals surface area contributed by atoms with Gasteiger partial charge in [0, 0.05) is 0 Å².